The van der Waals surface area contributed by atoms with E-state index in [2.05, 4.69) is 32.1 Å². The minimum Gasteiger partial charge on any atom is -0.493 e. The minimum atomic E-state index is 0.452. The van der Waals surface area contributed by atoms with Crippen LogP contribution in [0.5, 0.6) is 17.2 Å². The van der Waals surface area contributed by atoms with E-state index in [1.807, 2.05) is 42.3 Å². The number of guanidine groups is 1. The highest BCUT2D eigenvalue weighted by atomic mass is 16.5. The molecule has 1 aliphatic heterocycles. The Morgan fingerprint density at radius 1 is 1.09 bits per heavy atom. The second-order valence-corrected chi connectivity index (χ2v) is 8.06. The number of rotatable bonds is 9. The van der Waals surface area contributed by atoms with Crippen molar-refractivity contribution in [2.45, 2.75) is 20.0 Å². The predicted molar refractivity (Wildman–Crippen MR) is 126 cm³/mol. The molecule has 0 saturated carbocycles. The van der Waals surface area contributed by atoms with Crippen molar-refractivity contribution in [3.05, 3.63) is 36.2 Å². The quantitative estimate of drug-likeness (QED) is 0.468. The molecular weight excluding hydrogens is 408 g/mol. The lowest BCUT2D eigenvalue weighted by Gasteiger charge is -2.36. The van der Waals surface area contributed by atoms with Gasteiger partial charge in [0.05, 0.1) is 21.3 Å². The normalized spacial score (nSPS) is 16.0. The largest absolute Gasteiger partial charge is 0.493 e. The van der Waals surface area contributed by atoms with E-state index in [-0.39, 0.29) is 0 Å². The van der Waals surface area contributed by atoms with E-state index in [1.54, 1.807) is 21.3 Å². The molecule has 1 aliphatic rings. The van der Waals surface area contributed by atoms with Gasteiger partial charge in [-0.1, -0.05) is 6.92 Å². The summed E-state index contributed by atoms with van der Waals surface area (Å²) in [7, 11) is 6.77. The lowest BCUT2D eigenvalue weighted by molar-refractivity contribution is 0.172. The monoisotopic (exact) mass is 444 g/mol. The molecule has 3 rings (SSSR count). The average Bonchev–Trinajstić information content (AvgIpc) is 3.32. The van der Waals surface area contributed by atoms with E-state index >= 15 is 0 Å². The summed E-state index contributed by atoms with van der Waals surface area (Å²) in [5.41, 5.74) is 1.14. The summed E-state index contributed by atoms with van der Waals surface area (Å²) in [4.78, 5) is 9.26. The molecule has 32 heavy (non-hydrogen) atoms. The molecule has 2 heterocycles. The Balaban J connectivity index is 1.50. The van der Waals surface area contributed by atoms with Crippen molar-refractivity contribution in [2.75, 3.05) is 61.1 Å². The van der Waals surface area contributed by atoms with Crippen molar-refractivity contribution in [1.29, 1.82) is 0 Å². The van der Waals surface area contributed by atoms with Gasteiger partial charge in [0, 0.05) is 65.3 Å². The highest BCUT2D eigenvalue weighted by Crippen LogP contribution is 2.38. The van der Waals surface area contributed by atoms with E-state index in [4.69, 9.17) is 14.2 Å². The number of hydrogen-bond acceptors (Lipinski definition) is 6. The van der Waals surface area contributed by atoms with Gasteiger partial charge in [-0.2, -0.15) is 5.10 Å². The number of nitrogens with one attached hydrogen (secondary N) is 1. The van der Waals surface area contributed by atoms with Gasteiger partial charge < -0.3 is 24.4 Å². The van der Waals surface area contributed by atoms with Gasteiger partial charge in [0.25, 0.3) is 0 Å². The van der Waals surface area contributed by atoms with Crippen LogP contribution in [0.15, 0.2) is 35.6 Å². The first-order chi connectivity index (χ1) is 15.6. The van der Waals surface area contributed by atoms with Crippen molar-refractivity contribution in [3.63, 3.8) is 0 Å². The fourth-order valence-electron chi connectivity index (χ4n) is 3.99. The molecule has 0 bridgehead atoms. The molecule has 9 heteroatoms. The van der Waals surface area contributed by atoms with Gasteiger partial charge in [-0.25, -0.2) is 0 Å². The number of hydrogen-bond donors (Lipinski definition) is 1. The Morgan fingerprint density at radius 2 is 1.78 bits per heavy atom. The van der Waals surface area contributed by atoms with Gasteiger partial charge in [0.2, 0.25) is 5.75 Å². The van der Waals surface area contributed by atoms with Crippen LogP contribution in [0.3, 0.4) is 0 Å². The van der Waals surface area contributed by atoms with E-state index < -0.39 is 0 Å². The van der Waals surface area contributed by atoms with Gasteiger partial charge in [0.15, 0.2) is 17.5 Å². The minimum absolute atomic E-state index is 0.452. The molecule has 0 aliphatic carbocycles. The molecule has 1 aromatic heterocycles. The summed E-state index contributed by atoms with van der Waals surface area (Å²) >= 11 is 0. The van der Waals surface area contributed by atoms with Crippen LogP contribution in [-0.4, -0.2) is 86.6 Å². The fourth-order valence-corrected chi connectivity index (χ4v) is 3.99. The topological polar surface area (TPSA) is 76.4 Å². The Kier molecular flexibility index (Phi) is 8.61. The van der Waals surface area contributed by atoms with Crippen molar-refractivity contribution < 1.29 is 14.2 Å². The molecular formula is C23H36N6O3. The third kappa shape index (κ3) is 6.06. The van der Waals surface area contributed by atoms with Crippen LogP contribution in [0, 0.1) is 5.92 Å². The molecule has 1 aromatic carbocycles. The SMILES string of the molecule is CN=C(NCC(C)Cn1cccn1)N1CCN(Cc2cc(OC)c(OC)c(OC)c2)CC1. The number of aliphatic imine (C=N–C) groups is 1. The Bertz CT molecular complexity index is 838. The highest BCUT2D eigenvalue weighted by Gasteiger charge is 2.21. The summed E-state index contributed by atoms with van der Waals surface area (Å²) in [6.07, 6.45) is 3.81. The first-order valence-electron chi connectivity index (χ1n) is 11.0. The number of aromatic nitrogens is 2. The second-order valence-electron chi connectivity index (χ2n) is 8.06. The standard InChI is InChI=1S/C23H36N6O3/c1-18(16-29-8-6-7-26-29)15-25-23(24-2)28-11-9-27(10-12-28)17-19-13-20(30-3)22(32-5)21(14-19)31-4/h6-8,13-14,18H,9-12,15-17H2,1-5H3,(H,24,25). The van der Waals surface area contributed by atoms with Gasteiger partial charge >= 0.3 is 0 Å². The van der Waals surface area contributed by atoms with E-state index in [1.165, 1.54) is 0 Å². The summed E-state index contributed by atoms with van der Waals surface area (Å²) < 4.78 is 18.4. The second kappa shape index (κ2) is 11.6. The zero-order chi connectivity index (χ0) is 22.9. The van der Waals surface area contributed by atoms with Gasteiger partial charge in [-0.3, -0.25) is 14.6 Å². The molecule has 9 nitrogen and oxygen atoms in total. The molecule has 1 saturated heterocycles. The maximum absolute atomic E-state index is 5.49. The van der Waals surface area contributed by atoms with E-state index in [9.17, 15) is 0 Å². The van der Waals surface area contributed by atoms with Crippen molar-refractivity contribution in [2.24, 2.45) is 10.9 Å². The summed E-state index contributed by atoms with van der Waals surface area (Å²) in [5.74, 6) is 3.42. The van der Waals surface area contributed by atoms with E-state index in [0.717, 1.165) is 57.3 Å². The molecule has 2 aromatic rings. The van der Waals surface area contributed by atoms with Gasteiger partial charge in [0.1, 0.15) is 0 Å². The lowest BCUT2D eigenvalue weighted by Crippen LogP contribution is -2.52. The molecule has 0 amide bonds. The maximum Gasteiger partial charge on any atom is 0.203 e. The van der Waals surface area contributed by atoms with E-state index in [0.29, 0.717) is 23.2 Å². The van der Waals surface area contributed by atoms with Crippen LogP contribution < -0.4 is 19.5 Å². The van der Waals surface area contributed by atoms with Crippen LogP contribution in [-0.2, 0) is 13.1 Å². The molecule has 0 radical (unpaired) electrons. The van der Waals surface area contributed by atoms with Crippen molar-refractivity contribution in [1.82, 2.24) is 24.9 Å². The molecule has 1 atom stereocenters. The molecule has 1 N–H and O–H groups in total. The zero-order valence-electron chi connectivity index (χ0n) is 19.9. The van der Waals surface area contributed by atoms with Crippen LogP contribution in [0.25, 0.3) is 0 Å². The zero-order valence-corrected chi connectivity index (χ0v) is 19.9. The summed E-state index contributed by atoms with van der Waals surface area (Å²) in [6.45, 7) is 8.57. The highest BCUT2D eigenvalue weighted by molar-refractivity contribution is 5.80. The van der Waals surface area contributed by atoms with Crippen molar-refractivity contribution >= 4 is 5.96 Å². The lowest BCUT2D eigenvalue weighted by atomic mass is 10.1. The summed E-state index contributed by atoms with van der Waals surface area (Å²) in [6, 6.07) is 6.00. The van der Waals surface area contributed by atoms with Gasteiger partial charge in [-0.15, -0.1) is 0 Å². The van der Waals surface area contributed by atoms with Gasteiger partial charge in [-0.05, 0) is 29.7 Å². The molecule has 1 fully saturated rings. The number of ether oxygens (including phenoxy) is 3. The van der Waals surface area contributed by atoms with Crippen LogP contribution in [0.2, 0.25) is 0 Å². The maximum atomic E-state index is 5.49. The Labute approximate surface area is 191 Å². The third-order valence-corrected chi connectivity index (χ3v) is 5.68. The predicted octanol–water partition coefficient (Wildman–Crippen LogP) is 1.94. The number of methoxy groups -OCH3 is 3. The summed E-state index contributed by atoms with van der Waals surface area (Å²) in [5, 5.41) is 7.82. The number of nitrogens with zero attached hydrogens (tertiary/aromatic N) is 5. The van der Waals surface area contributed by atoms with Crippen LogP contribution >= 0.6 is 0 Å². The Morgan fingerprint density at radius 3 is 2.31 bits per heavy atom. The van der Waals surface area contributed by atoms with Crippen molar-refractivity contribution in [3.8, 4) is 17.2 Å². The number of piperazine rings is 1. The van der Waals surface area contributed by atoms with Crippen LogP contribution in [0.4, 0.5) is 0 Å². The first-order valence-corrected chi connectivity index (χ1v) is 11.0. The molecule has 1 unspecified atom stereocenters. The average molecular weight is 445 g/mol. The molecule has 0 spiro atoms. The smallest absolute Gasteiger partial charge is 0.203 e. The number of benzene rings is 1. The molecule has 176 valence electrons. The first kappa shape index (κ1) is 23.7. The fraction of sp³-hybridized carbons (Fsp3) is 0.565. The third-order valence-electron chi connectivity index (χ3n) is 5.68. The van der Waals surface area contributed by atoms with Crippen LogP contribution in [0.1, 0.15) is 12.5 Å². The Hall–Kier alpha value is -2.94.